The van der Waals surface area contributed by atoms with Gasteiger partial charge in [0.05, 0.1) is 6.20 Å². The van der Waals surface area contributed by atoms with Gasteiger partial charge in [-0.25, -0.2) is 13.1 Å². The molecular weight excluding hydrogens is 278 g/mol. The number of nitrogens with zero attached hydrogens (tertiary/aromatic N) is 2. The molecule has 0 aliphatic heterocycles. The van der Waals surface area contributed by atoms with Crippen LogP contribution in [0.1, 0.15) is 38.5 Å². The highest BCUT2D eigenvalue weighted by Crippen LogP contribution is 2.27. The Kier molecular flexibility index (Phi) is 5.56. The van der Waals surface area contributed by atoms with E-state index in [-0.39, 0.29) is 11.5 Å². The quantitative estimate of drug-likeness (QED) is 0.753. The van der Waals surface area contributed by atoms with Crippen molar-refractivity contribution in [1.29, 1.82) is 0 Å². The molecule has 6 nitrogen and oxygen atoms in total. The number of sulfonamides is 1. The maximum absolute atomic E-state index is 12.1. The number of aryl methyl sites for hydroxylation is 1. The van der Waals surface area contributed by atoms with Crippen LogP contribution in [0, 0.1) is 5.92 Å². The second-order valence-electron chi connectivity index (χ2n) is 5.35. The third kappa shape index (κ3) is 4.29. The fraction of sp³-hybridized carbons (Fsp3) is 0.769. The lowest BCUT2D eigenvalue weighted by atomic mass is 10.1. The van der Waals surface area contributed by atoms with Crippen molar-refractivity contribution in [2.75, 3.05) is 13.2 Å². The van der Waals surface area contributed by atoms with Gasteiger partial charge in [0.1, 0.15) is 4.90 Å². The number of aliphatic hydroxyl groups is 1. The van der Waals surface area contributed by atoms with Gasteiger partial charge in [0.2, 0.25) is 10.0 Å². The first-order valence-electron chi connectivity index (χ1n) is 7.25. The summed E-state index contributed by atoms with van der Waals surface area (Å²) < 4.78 is 28.3. The lowest BCUT2D eigenvalue weighted by Gasteiger charge is -2.09. The summed E-state index contributed by atoms with van der Waals surface area (Å²) in [5, 5.41) is 12.7. The molecular formula is C13H23N3O3S. The van der Waals surface area contributed by atoms with Crippen LogP contribution in [0.3, 0.4) is 0 Å². The van der Waals surface area contributed by atoms with Gasteiger partial charge in [0.25, 0.3) is 0 Å². The van der Waals surface area contributed by atoms with Crippen molar-refractivity contribution in [1.82, 2.24) is 14.5 Å². The molecule has 0 aromatic carbocycles. The van der Waals surface area contributed by atoms with Crippen molar-refractivity contribution in [2.24, 2.45) is 5.92 Å². The van der Waals surface area contributed by atoms with Crippen LogP contribution in [0.25, 0.3) is 0 Å². The molecule has 0 bridgehead atoms. The molecule has 1 aliphatic carbocycles. The van der Waals surface area contributed by atoms with Crippen molar-refractivity contribution >= 4 is 10.0 Å². The second kappa shape index (κ2) is 7.19. The number of hydrogen-bond donors (Lipinski definition) is 2. The molecule has 0 spiro atoms. The van der Waals surface area contributed by atoms with E-state index in [1.165, 1.54) is 38.1 Å². The molecule has 1 aromatic rings. The SMILES string of the molecule is O=S(=O)(NCCC1CCCC1)c1cnn(CCCO)c1. The van der Waals surface area contributed by atoms with Gasteiger partial charge in [-0.3, -0.25) is 4.68 Å². The van der Waals surface area contributed by atoms with Crippen LogP contribution in [0.5, 0.6) is 0 Å². The van der Waals surface area contributed by atoms with E-state index in [0.29, 0.717) is 25.4 Å². The molecule has 0 unspecified atom stereocenters. The minimum Gasteiger partial charge on any atom is -0.396 e. The normalized spacial score (nSPS) is 16.9. The minimum atomic E-state index is -3.45. The number of hydrogen-bond acceptors (Lipinski definition) is 4. The summed E-state index contributed by atoms with van der Waals surface area (Å²) in [6, 6.07) is 0. The molecule has 0 saturated heterocycles. The average molecular weight is 301 g/mol. The minimum absolute atomic E-state index is 0.0710. The predicted octanol–water partition coefficient (Wildman–Crippen LogP) is 1.12. The summed E-state index contributed by atoms with van der Waals surface area (Å²) in [5.74, 6) is 0.671. The first-order valence-corrected chi connectivity index (χ1v) is 8.73. The van der Waals surface area contributed by atoms with Crippen LogP contribution in [-0.4, -0.2) is 36.5 Å². The number of aromatic nitrogens is 2. The zero-order valence-corrected chi connectivity index (χ0v) is 12.5. The number of rotatable bonds is 8. The molecule has 1 fully saturated rings. The molecule has 0 radical (unpaired) electrons. The molecule has 0 amide bonds. The van der Waals surface area contributed by atoms with E-state index in [4.69, 9.17) is 5.11 Å². The Hall–Kier alpha value is -0.920. The lowest BCUT2D eigenvalue weighted by Crippen LogP contribution is -2.25. The van der Waals surface area contributed by atoms with E-state index in [2.05, 4.69) is 9.82 Å². The molecule has 2 N–H and O–H groups in total. The number of aliphatic hydroxyl groups excluding tert-OH is 1. The van der Waals surface area contributed by atoms with Gasteiger partial charge in [0, 0.05) is 25.9 Å². The van der Waals surface area contributed by atoms with Gasteiger partial charge in [-0.05, 0) is 18.8 Å². The Balaban J connectivity index is 1.83. The fourth-order valence-corrected chi connectivity index (χ4v) is 3.62. The third-order valence-corrected chi connectivity index (χ3v) is 5.20. The highest BCUT2D eigenvalue weighted by Gasteiger charge is 2.18. The van der Waals surface area contributed by atoms with Gasteiger partial charge < -0.3 is 5.11 Å². The molecule has 20 heavy (non-hydrogen) atoms. The molecule has 1 aromatic heterocycles. The second-order valence-corrected chi connectivity index (χ2v) is 7.12. The van der Waals surface area contributed by atoms with Crippen LogP contribution in [0.15, 0.2) is 17.3 Å². The highest BCUT2D eigenvalue weighted by atomic mass is 32.2. The first-order chi connectivity index (χ1) is 9.62. The highest BCUT2D eigenvalue weighted by molar-refractivity contribution is 7.89. The fourth-order valence-electron chi connectivity index (χ4n) is 2.62. The lowest BCUT2D eigenvalue weighted by molar-refractivity contribution is 0.277. The van der Waals surface area contributed by atoms with Crippen molar-refractivity contribution in [3.8, 4) is 0 Å². The topological polar surface area (TPSA) is 84.2 Å². The summed E-state index contributed by atoms with van der Waals surface area (Å²) >= 11 is 0. The van der Waals surface area contributed by atoms with Gasteiger partial charge in [-0.1, -0.05) is 25.7 Å². The summed E-state index contributed by atoms with van der Waals surface area (Å²) in [6.45, 7) is 1.09. The molecule has 7 heteroatoms. The van der Waals surface area contributed by atoms with E-state index < -0.39 is 10.0 Å². The summed E-state index contributed by atoms with van der Waals surface area (Å²) in [4.78, 5) is 0.196. The van der Waals surface area contributed by atoms with Gasteiger partial charge >= 0.3 is 0 Å². The monoisotopic (exact) mass is 301 g/mol. The molecule has 1 aliphatic rings. The Morgan fingerprint density at radius 2 is 2.15 bits per heavy atom. The number of nitrogens with one attached hydrogen (secondary N) is 1. The van der Waals surface area contributed by atoms with Crippen LogP contribution in [0.2, 0.25) is 0 Å². The Labute approximate surface area is 120 Å². The predicted molar refractivity (Wildman–Crippen MR) is 75.7 cm³/mol. The summed E-state index contributed by atoms with van der Waals surface area (Å²) in [5.41, 5.74) is 0. The van der Waals surface area contributed by atoms with Crippen LogP contribution in [-0.2, 0) is 16.6 Å². The van der Waals surface area contributed by atoms with Gasteiger partial charge in [-0.15, -0.1) is 0 Å². The van der Waals surface area contributed by atoms with E-state index in [0.717, 1.165) is 6.42 Å². The maximum Gasteiger partial charge on any atom is 0.243 e. The third-order valence-electron chi connectivity index (χ3n) is 3.78. The molecule has 1 heterocycles. The van der Waals surface area contributed by atoms with Crippen molar-refractivity contribution in [2.45, 2.75) is 50.0 Å². The summed E-state index contributed by atoms with van der Waals surface area (Å²) in [7, 11) is -3.45. The van der Waals surface area contributed by atoms with Crippen molar-refractivity contribution < 1.29 is 13.5 Å². The Morgan fingerprint density at radius 1 is 1.40 bits per heavy atom. The zero-order valence-electron chi connectivity index (χ0n) is 11.7. The summed E-state index contributed by atoms with van der Waals surface area (Å²) in [6.07, 6.45) is 9.34. The smallest absolute Gasteiger partial charge is 0.243 e. The Morgan fingerprint density at radius 3 is 2.85 bits per heavy atom. The van der Waals surface area contributed by atoms with Crippen molar-refractivity contribution in [3.05, 3.63) is 12.4 Å². The van der Waals surface area contributed by atoms with Gasteiger partial charge in [0.15, 0.2) is 0 Å². The molecule has 2 rings (SSSR count). The first kappa shape index (κ1) is 15.5. The van der Waals surface area contributed by atoms with Crippen LogP contribution >= 0.6 is 0 Å². The Bertz CT molecular complexity index is 507. The molecule has 1 saturated carbocycles. The zero-order chi connectivity index (χ0) is 14.4. The average Bonchev–Trinajstić information content (AvgIpc) is 3.07. The van der Waals surface area contributed by atoms with E-state index >= 15 is 0 Å². The van der Waals surface area contributed by atoms with E-state index in [1.54, 1.807) is 4.68 Å². The van der Waals surface area contributed by atoms with E-state index in [1.807, 2.05) is 0 Å². The maximum atomic E-state index is 12.1. The molecule has 0 atom stereocenters. The van der Waals surface area contributed by atoms with Gasteiger partial charge in [-0.2, -0.15) is 5.10 Å². The largest absolute Gasteiger partial charge is 0.396 e. The van der Waals surface area contributed by atoms with Crippen molar-refractivity contribution in [3.63, 3.8) is 0 Å². The standard InChI is InChI=1S/C13H23N3O3S/c17-9-3-8-16-11-13(10-14-16)20(18,19)15-7-6-12-4-1-2-5-12/h10-12,15,17H,1-9H2. The van der Waals surface area contributed by atoms with Crippen LogP contribution < -0.4 is 4.72 Å². The molecule has 114 valence electrons. The van der Waals surface area contributed by atoms with E-state index in [9.17, 15) is 8.42 Å². The van der Waals surface area contributed by atoms with Crippen LogP contribution in [0.4, 0.5) is 0 Å².